The van der Waals surface area contributed by atoms with Gasteiger partial charge in [-0.05, 0) is 30.7 Å². The number of fused-ring (bicyclic) bond motifs is 1. The van der Waals surface area contributed by atoms with Gasteiger partial charge in [0.15, 0.2) is 0 Å². The third-order valence-corrected chi connectivity index (χ3v) is 4.57. The van der Waals surface area contributed by atoms with Crippen LogP contribution in [0.2, 0.25) is 0 Å². The van der Waals surface area contributed by atoms with Crippen molar-refractivity contribution in [2.24, 2.45) is 0 Å². The van der Waals surface area contributed by atoms with Crippen molar-refractivity contribution in [3.8, 4) is 0 Å². The van der Waals surface area contributed by atoms with Gasteiger partial charge < -0.3 is 4.74 Å². The molecule has 1 saturated heterocycles. The van der Waals surface area contributed by atoms with Gasteiger partial charge in [-0.15, -0.1) is 0 Å². The molecule has 21 heavy (non-hydrogen) atoms. The van der Waals surface area contributed by atoms with Gasteiger partial charge in [-0.1, -0.05) is 43.7 Å². The monoisotopic (exact) mass is 287 g/mol. The first kappa shape index (κ1) is 14.1. The number of benzene rings is 1. The molecule has 1 aromatic rings. The van der Waals surface area contributed by atoms with Gasteiger partial charge in [0, 0.05) is 6.42 Å². The Kier molecular flexibility index (Phi) is 3.95. The Bertz CT molecular complexity index is 528. The second-order valence-corrected chi connectivity index (χ2v) is 6.05. The fourth-order valence-electron chi connectivity index (χ4n) is 3.38. The lowest BCUT2D eigenvalue weighted by atomic mass is 9.91. The van der Waals surface area contributed by atoms with Crippen molar-refractivity contribution in [1.29, 1.82) is 0 Å². The molecule has 1 aromatic carbocycles. The van der Waals surface area contributed by atoms with Gasteiger partial charge in [-0.25, -0.2) is 9.69 Å². The molecular formula is C17H21NO3. The highest BCUT2D eigenvalue weighted by Crippen LogP contribution is 2.33. The summed E-state index contributed by atoms with van der Waals surface area (Å²) in [6, 6.07) is 9.90. The maximum absolute atomic E-state index is 12.5. The molecule has 0 bridgehead atoms. The molecule has 2 amide bonds. The third-order valence-electron chi connectivity index (χ3n) is 4.57. The second kappa shape index (κ2) is 5.88. The summed E-state index contributed by atoms with van der Waals surface area (Å²) in [7, 11) is 0. The van der Waals surface area contributed by atoms with Crippen molar-refractivity contribution in [3.63, 3.8) is 0 Å². The van der Waals surface area contributed by atoms with Crippen LogP contribution >= 0.6 is 0 Å². The van der Waals surface area contributed by atoms with E-state index in [1.165, 1.54) is 4.90 Å². The largest absolute Gasteiger partial charge is 0.444 e. The molecule has 112 valence electrons. The first-order valence-electron chi connectivity index (χ1n) is 7.74. The topological polar surface area (TPSA) is 46.6 Å². The Morgan fingerprint density at radius 1 is 1.29 bits per heavy atom. The molecule has 0 N–H and O–H groups in total. The number of hydrogen-bond donors (Lipinski definition) is 0. The SMILES string of the molecule is C[C@H](CC(=O)N1C(=O)O[C@@H]2CCCC[C@H]21)c1ccccc1. The molecule has 2 fully saturated rings. The fraction of sp³-hybridized carbons (Fsp3) is 0.529. The van der Waals surface area contributed by atoms with Crippen molar-refractivity contribution in [1.82, 2.24) is 4.90 Å². The van der Waals surface area contributed by atoms with E-state index in [1.807, 2.05) is 37.3 Å². The van der Waals surface area contributed by atoms with Gasteiger partial charge in [-0.3, -0.25) is 4.79 Å². The van der Waals surface area contributed by atoms with Crippen LogP contribution in [0.25, 0.3) is 0 Å². The quantitative estimate of drug-likeness (QED) is 0.855. The number of carbonyl (C=O) groups is 2. The molecule has 1 saturated carbocycles. The molecule has 4 nitrogen and oxygen atoms in total. The fourth-order valence-corrected chi connectivity index (χ4v) is 3.38. The summed E-state index contributed by atoms with van der Waals surface area (Å²) in [6.07, 6.45) is 3.73. The smallest absolute Gasteiger partial charge is 0.417 e. The van der Waals surface area contributed by atoms with E-state index in [9.17, 15) is 9.59 Å². The normalized spacial score (nSPS) is 26.1. The Morgan fingerprint density at radius 2 is 2.00 bits per heavy atom. The van der Waals surface area contributed by atoms with Crippen LogP contribution in [-0.4, -0.2) is 29.0 Å². The van der Waals surface area contributed by atoms with Crippen molar-refractivity contribution < 1.29 is 14.3 Å². The molecule has 2 aliphatic rings. The summed E-state index contributed by atoms with van der Waals surface area (Å²) >= 11 is 0. The highest BCUT2D eigenvalue weighted by molar-refractivity contribution is 5.94. The molecule has 3 rings (SSSR count). The van der Waals surface area contributed by atoms with Crippen molar-refractivity contribution in [2.75, 3.05) is 0 Å². The number of rotatable bonds is 3. The number of nitrogens with zero attached hydrogens (tertiary/aromatic N) is 1. The highest BCUT2D eigenvalue weighted by atomic mass is 16.6. The van der Waals surface area contributed by atoms with E-state index < -0.39 is 6.09 Å². The number of imide groups is 1. The van der Waals surface area contributed by atoms with Crippen LogP contribution in [0.3, 0.4) is 0 Å². The lowest BCUT2D eigenvalue weighted by Gasteiger charge is -2.27. The lowest BCUT2D eigenvalue weighted by molar-refractivity contribution is -0.130. The van der Waals surface area contributed by atoms with E-state index in [0.29, 0.717) is 6.42 Å². The average Bonchev–Trinajstić information content (AvgIpc) is 2.83. The molecule has 4 heteroatoms. The van der Waals surface area contributed by atoms with E-state index in [4.69, 9.17) is 4.74 Å². The molecule has 1 heterocycles. The first-order valence-corrected chi connectivity index (χ1v) is 7.74. The van der Waals surface area contributed by atoms with Gasteiger partial charge in [0.25, 0.3) is 0 Å². The van der Waals surface area contributed by atoms with Crippen LogP contribution in [0.4, 0.5) is 4.79 Å². The summed E-state index contributed by atoms with van der Waals surface area (Å²) in [5, 5.41) is 0. The van der Waals surface area contributed by atoms with E-state index >= 15 is 0 Å². The summed E-state index contributed by atoms with van der Waals surface area (Å²) in [6.45, 7) is 2.02. The minimum Gasteiger partial charge on any atom is -0.444 e. The zero-order valence-corrected chi connectivity index (χ0v) is 12.3. The zero-order valence-electron chi connectivity index (χ0n) is 12.3. The minimum atomic E-state index is -0.447. The van der Waals surface area contributed by atoms with E-state index in [1.54, 1.807) is 0 Å². The predicted octanol–water partition coefficient (Wildman–Crippen LogP) is 3.47. The Labute approximate surface area is 125 Å². The van der Waals surface area contributed by atoms with E-state index in [2.05, 4.69) is 0 Å². The number of hydrogen-bond acceptors (Lipinski definition) is 3. The van der Waals surface area contributed by atoms with Crippen molar-refractivity contribution in [3.05, 3.63) is 35.9 Å². The Balaban J connectivity index is 1.68. The molecule has 0 aromatic heterocycles. The Morgan fingerprint density at radius 3 is 2.76 bits per heavy atom. The molecule has 0 unspecified atom stereocenters. The molecule has 0 spiro atoms. The van der Waals surface area contributed by atoms with Crippen molar-refractivity contribution >= 4 is 12.0 Å². The minimum absolute atomic E-state index is 0.0401. The standard InChI is InChI=1S/C17H21NO3/c1-12(13-7-3-2-4-8-13)11-16(19)18-14-9-5-6-10-15(14)21-17(18)20/h2-4,7-8,12,14-15H,5-6,9-11H2,1H3/t12-,14-,15-/m1/s1. The number of ether oxygens (including phenoxy) is 1. The van der Waals surface area contributed by atoms with Crippen LogP contribution in [0.1, 0.15) is 50.5 Å². The van der Waals surface area contributed by atoms with Crippen LogP contribution in [0, 0.1) is 0 Å². The van der Waals surface area contributed by atoms with Gasteiger partial charge >= 0.3 is 6.09 Å². The van der Waals surface area contributed by atoms with Crippen LogP contribution < -0.4 is 0 Å². The molecule has 0 radical (unpaired) electrons. The molecule has 3 atom stereocenters. The summed E-state index contributed by atoms with van der Waals surface area (Å²) in [4.78, 5) is 25.9. The molecule has 1 aliphatic heterocycles. The summed E-state index contributed by atoms with van der Waals surface area (Å²) in [5.41, 5.74) is 1.12. The highest BCUT2D eigenvalue weighted by Gasteiger charge is 2.45. The van der Waals surface area contributed by atoms with E-state index in [0.717, 1.165) is 31.2 Å². The number of carbonyl (C=O) groups excluding carboxylic acids is 2. The average molecular weight is 287 g/mol. The van der Waals surface area contributed by atoms with E-state index in [-0.39, 0.29) is 24.0 Å². The second-order valence-electron chi connectivity index (χ2n) is 6.05. The lowest BCUT2D eigenvalue weighted by Crippen LogP contribution is -2.42. The molecule has 1 aliphatic carbocycles. The Hall–Kier alpha value is -1.84. The molecular weight excluding hydrogens is 266 g/mol. The predicted molar refractivity (Wildman–Crippen MR) is 78.8 cm³/mol. The maximum atomic E-state index is 12.5. The zero-order chi connectivity index (χ0) is 14.8. The van der Waals surface area contributed by atoms with Gasteiger partial charge in [0.1, 0.15) is 6.10 Å². The summed E-state index contributed by atoms with van der Waals surface area (Å²) in [5.74, 6) is -0.0000985. The maximum Gasteiger partial charge on any atom is 0.417 e. The third kappa shape index (κ3) is 2.80. The van der Waals surface area contributed by atoms with Crippen LogP contribution in [0.5, 0.6) is 0 Å². The number of amides is 2. The van der Waals surface area contributed by atoms with Gasteiger partial charge in [0.2, 0.25) is 5.91 Å². The van der Waals surface area contributed by atoms with Gasteiger partial charge in [0.05, 0.1) is 6.04 Å². The van der Waals surface area contributed by atoms with Crippen LogP contribution in [0.15, 0.2) is 30.3 Å². The van der Waals surface area contributed by atoms with Crippen molar-refractivity contribution in [2.45, 2.75) is 57.1 Å². The first-order chi connectivity index (χ1) is 10.2. The summed E-state index contributed by atoms with van der Waals surface area (Å²) < 4.78 is 5.35. The van der Waals surface area contributed by atoms with Gasteiger partial charge in [-0.2, -0.15) is 0 Å². The van der Waals surface area contributed by atoms with Crippen LogP contribution in [-0.2, 0) is 9.53 Å².